The molecule has 2 N–H and O–H groups in total. The van der Waals surface area contributed by atoms with Crippen LogP contribution < -0.4 is 10.6 Å². The monoisotopic (exact) mass is 331 g/mol. The summed E-state index contributed by atoms with van der Waals surface area (Å²) < 4.78 is 0. The van der Waals surface area contributed by atoms with Gasteiger partial charge in [0, 0.05) is 5.69 Å². The van der Waals surface area contributed by atoms with Gasteiger partial charge in [0.05, 0.1) is 0 Å². The van der Waals surface area contributed by atoms with Crippen molar-refractivity contribution in [1.82, 2.24) is 10.2 Å². The summed E-state index contributed by atoms with van der Waals surface area (Å²) in [5, 5.41) is 5.45. The maximum Gasteiger partial charge on any atom is 0.325 e. The molecule has 1 heterocycles. The van der Waals surface area contributed by atoms with Gasteiger partial charge < -0.3 is 10.6 Å². The van der Waals surface area contributed by atoms with Crippen LogP contribution in [0, 0.1) is 19.8 Å². The first-order chi connectivity index (χ1) is 11.1. The Bertz CT molecular complexity index is 664. The van der Waals surface area contributed by atoms with Crippen molar-refractivity contribution in [2.75, 3.05) is 11.9 Å². The normalized spacial score (nSPS) is 20.5. The topological polar surface area (TPSA) is 78.5 Å². The van der Waals surface area contributed by atoms with Crippen molar-refractivity contribution < 1.29 is 14.4 Å². The average Bonchev–Trinajstić information content (AvgIpc) is 2.60. The SMILES string of the molecule is Cc1cc(C)cc(NC(=O)CN2C(=O)NC(C)(CC(C)C)C2=O)c1. The molecule has 0 radical (unpaired) electrons. The molecule has 24 heavy (non-hydrogen) atoms. The van der Waals surface area contributed by atoms with Gasteiger partial charge in [-0.05, 0) is 56.4 Å². The number of anilines is 1. The van der Waals surface area contributed by atoms with Crippen LogP contribution in [0.2, 0.25) is 0 Å². The maximum atomic E-state index is 12.5. The quantitative estimate of drug-likeness (QED) is 0.814. The lowest BCUT2D eigenvalue weighted by Crippen LogP contribution is -2.45. The molecule has 1 aliphatic rings. The van der Waals surface area contributed by atoms with Crippen LogP contribution in [-0.2, 0) is 9.59 Å². The van der Waals surface area contributed by atoms with Crippen LogP contribution in [0.15, 0.2) is 18.2 Å². The van der Waals surface area contributed by atoms with E-state index in [4.69, 9.17) is 0 Å². The molecule has 6 heteroatoms. The van der Waals surface area contributed by atoms with Gasteiger partial charge in [0.15, 0.2) is 0 Å². The summed E-state index contributed by atoms with van der Waals surface area (Å²) >= 11 is 0. The van der Waals surface area contributed by atoms with E-state index in [1.807, 2.05) is 45.9 Å². The molecule has 1 saturated heterocycles. The summed E-state index contributed by atoms with van der Waals surface area (Å²) in [7, 11) is 0. The molecule has 1 atom stereocenters. The zero-order valence-electron chi connectivity index (χ0n) is 14.9. The van der Waals surface area contributed by atoms with Gasteiger partial charge in [0.1, 0.15) is 12.1 Å². The van der Waals surface area contributed by atoms with Crippen LogP contribution >= 0.6 is 0 Å². The number of nitrogens with zero attached hydrogens (tertiary/aromatic N) is 1. The van der Waals surface area contributed by atoms with Crippen molar-refractivity contribution in [1.29, 1.82) is 0 Å². The van der Waals surface area contributed by atoms with Gasteiger partial charge in [-0.25, -0.2) is 4.79 Å². The summed E-state index contributed by atoms with van der Waals surface area (Å²) in [4.78, 5) is 37.8. The first kappa shape index (κ1) is 18.0. The summed E-state index contributed by atoms with van der Waals surface area (Å²) in [6.45, 7) is 9.27. The minimum Gasteiger partial charge on any atom is -0.325 e. The molecule has 1 aliphatic heterocycles. The van der Waals surface area contributed by atoms with Crippen molar-refractivity contribution in [2.45, 2.75) is 46.6 Å². The van der Waals surface area contributed by atoms with Gasteiger partial charge in [-0.2, -0.15) is 0 Å². The maximum absolute atomic E-state index is 12.5. The van der Waals surface area contributed by atoms with E-state index in [0.717, 1.165) is 16.0 Å². The molecule has 0 spiro atoms. The van der Waals surface area contributed by atoms with E-state index in [9.17, 15) is 14.4 Å². The third-order valence-corrected chi connectivity index (χ3v) is 3.97. The molecule has 4 amide bonds. The fourth-order valence-corrected chi connectivity index (χ4v) is 3.24. The highest BCUT2D eigenvalue weighted by Gasteiger charge is 2.48. The van der Waals surface area contributed by atoms with Crippen LogP contribution in [0.5, 0.6) is 0 Å². The number of carbonyl (C=O) groups excluding carboxylic acids is 3. The van der Waals surface area contributed by atoms with Crippen molar-refractivity contribution in [3.63, 3.8) is 0 Å². The van der Waals surface area contributed by atoms with Gasteiger partial charge in [0.2, 0.25) is 5.91 Å². The molecule has 2 rings (SSSR count). The smallest absolute Gasteiger partial charge is 0.325 e. The van der Waals surface area contributed by atoms with Crippen LogP contribution in [0.3, 0.4) is 0 Å². The van der Waals surface area contributed by atoms with Crippen LogP contribution in [-0.4, -0.2) is 34.8 Å². The number of carbonyl (C=O) groups is 3. The zero-order chi connectivity index (χ0) is 18.1. The van der Waals surface area contributed by atoms with Gasteiger partial charge in [-0.1, -0.05) is 19.9 Å². The van der Waals surface area contributed by atoms with Gasteiger partial charge in [-0.3, -0.25) is 14.5 Å². The lowest BCUT2D eigenvalue weighted by molar-refractivity contribution is -0.133. The predicted molar refractivity (Wildman–Crippen MR) is 92.7 cm³/mol. The van der Waals surface area contributed by atoms with E-state index in [0.29, 0.717) is 12.1 Å². The van der Waals surface area contributed by atoms with Crippen molar-refractivity contribution in [3.05, 3.63) is 29.3 Å². The minimum absolute atomic E-state index is 0.253. The Kier molecular flexibility index (Phi) is 4.96. The Hall–Kier alpha value is -2.37. The molecule has 0 saturated carbocycles. The molecule has 0 bridgehead atoms. The first-order valence-corrected chi connectivity index (χ1v) is 8.13. The van der Waals surface area contributed by atoms with Crippen molar-refractivity contribution >= 4 is 23.5 Å². The number of hydrogen-bond donors (Lipinski definition) is 2. The highest BCUT2D eigenvalue weighted by atomic mass is 16.2. The minimum atomic E-state index is -0.939. The Morgan fingerprint density at radius 1 is 1.21 bits per heavy atom. The summed E-state index contributed by atoms with van der Waals surface area (Å²) in [6.07, 6.45) is 0.534. The van der Waals surface area contributed by atoms with E-state index in [1.54, 1.807) is 6.92 Å². The third-order valence-electron chi connectivity index (χ3n) is 3.97. The molecule has 1 unspecified atom stereocenters. The van der Waals surface area contributed by atoms with Crippen LogP contribution in [0.25, 0.3) is 0 Å². The standard InChI is InChI=1S/C18H25N3O3/c1-11(2)9-18(5)16(23)21(17(24)20-18)10-15(22)19-14-7-12(3)6-13(4)8-14/h6-8,11H,9-10H2,1-5H3,(H,19,22)(H,20,24). The zero-order valence-corrected chi connectivity index (χ0v) is 14.9. The largest absolute Gasteiger partial charge is 0.325 e. The number of amides is 4. The first-order valence-electron chi connectivity index (χ1n) is 8.13. The Morgan fingerprint density at radius 2 is 1.79 bits per heavy atom. The van der Waals surface area contributed by atoms with E-state index >= 15 is 0 Å². The Labute approximate surface area is 142 Å². The highest BCUT2D eigenvalue weighted by molar-refractivity contribution is 6.09. The second-order valence-corrected chi connectivity index (χ2v) is 7.18. The number of rotatable bonds is 5. The molecular formula is C18H25N3O3. The summed E-state index contributed by atoms with van der Waals surface area (Å²) in [5.41, 5.74) is 1.79. The molecule has 0 aliphatic carbocycles. The molecule has 6 nitrogen and oxygen atoms in total. The van der Waals surface area contributed by atoms with E-state index in [2.05, 4.69) is 10.6 Å². The number of nitrogens with one attached hydrogen (secondary N) is 2. The van der Waals surface area contributed by atoms with Crippen molar-refractivity contribution in [2.24, 2.45) is 5.92 Å². The fourth-order valence-electron chi connectivity index (χ4n) is 3.24. The summed E-state index contributed by atoms with van der Waals surface area (Å²) in [5.74, 6) is -0.489. The Morgan fingerprint density at radius 3 is 2.33 bits per heavy atom. The predicted octanol–water partition coefficient (Wildman–Crippen LogP) is 2.60. The average molecular weight is 331 g/mol. The van der Waals surface area contributed by atoms with Gasteiger partial charge >= 0.3 is 6.03 Å². The molecule has 1 fully saturated rings. The van der Waals surface area contributed by atoms with E-state index < -0.39 is 17.5 Å². The second-order valence-electron chi connectivity index (χ2n) is 7.18. The number of aryl methyl sites for hydroxylation is 2. The number of imide groups is 1. The molecular weight excluding hydrogens is 306 g/mol. The number of hydrogen-bond acceptors (Lipinski definition) is 3. The molecule has 1 aromatic rings. The van der Waals surface area contributed by atoms with E-state index in [-0.39, 0.29) is 18.4 Å². The van der Waals surface area contributed by atoms with Gasteiger partial charge in [0.25, 0.3) is 5.91 Å². The van der Waals surface area contributed by atoms with Crippen LogP contribution in [0.4, 0.5) is 10.5 Å². The third kappa shape index (κ3) is 3.93. The lowest BCUT2D eigenvalue weighted by Gasteiger charge is -2.23. The molecule has 0 aromatic heterocycles. The number of benzene rings is 1. The highest BCUT2D eigenvalue weighted by Crippen LogP contribution is 2.25. The second kappa shape index (κ2) is 6.63. The lowest BCUT2D eigenvalue weighted by atomic mass is 9.91. The fraction of sp³-hybridized carbons (Fsp3) is 0.500. The molecule has 1 aromatic carbocycles. The number of urea groups is 1. The summed E-state index contributed by atoms with van der Waals surface area (Å²) in [6, 6.07) is 5.18. The Balaban J connectivity index is 2.06. The van der Waals surface area contributed by atoms with Crippen LogP contribution in [0.1, 0.15) is 38.3 Å². The van der Waals surface area contributed by atoms with Gasteiger partial charge in [-0.15, -0.1) is 0 Å². The molecule has 130 valence electrons. The van der Waals surface area contributed by atoms with E-state index in [1.165, 1.54) is 0 Å². The van der Waals surface area contributed by atoms with Crippen molar-refractivity contribution in [3.8, 4) is 0 Å².